The maximum absolute atomic E-state index is 12.3. The Morgan fingerprint density at radius 3 is 2.55 bits per heavy atom. The van der Waals surface area contributed by atoms with Gasteiger partial charge in [0.15, 0.2) is 0 Å². The quantitative estimate of drug-likeness (QED) is 0.884. The van der Waals surface area contributed by atoms with Crippen molar-refractivity contribution in [2.45, 2.75) is 12.8 Å². The number of nitrogens with zero attached hydrogens (tertiary/aromatic N) is 3. The number of halogens is 1. The molecule has 20 heavy (non-hydrogen) atoms. The maximum atomic E-state index is 12.3. The van der Waals surface area contributed by atoms with Crippen LogP contribution in [0.2, 0.25) is 0 Å². The van der Waals surface area contributed by atoms with Gasteiger partial charge in [-0.05, 0) is 28.8 Å². The summed E-state index contributed by atoms with van der Waals surface area (Å²) in [5.41, 5.74) is 0.493. The van der Waals surface area contributed by atoms with Gasteiger partial charge in [0.25, 0.3) is 5.91 Å². The molecule has 1 aromatic rings. The fraction of sp³-hybridized carbons (Fsp3) is 0.615. The zero-order valence-electron chi connectivity index (χ0n) is 11.1. The highest BCUT2D eigenvalue weighted by Crippen LogP contribution is 2.30. The van der Waals surface area contributed by atoms with E-state index in [1.807, 2.05) is 0 Å². The number of hydrogen-bond acceptors (Lipinski definition) is 4. The van der Waals surface area contributed by atoms with E-state index in [9.17, 15) is 9.59 Å². The Balaban J connectivity index is 1.52. The first-order valence-electron chi connectivity index (χ1n) is 6.88. The number of aromatic nitrogens is 2. The number of H-pyrrole nitrogens is 1. The van der Waals surface area contributed by atoms with Crippen LogP contribution >= 0.6 is 15.9 Å². The normalized spacial score (nSPS) is 20.1. The fourth-order valence-corrected chi connectivity index (χ4v) is 2.80. The molecule has 2 heterocycles. The Labute approximate surface area is 125 Å². The molecule has 108 valence electrons. The molecule has 1 saturated heterocycles. The molecule has 0 unspecified atom stereocenters. The molecule has 1 aliphatic carbocycles. The Bertz CT molecular complexity index is 518. The predicted octanol–water partition coefficient (Wildman–Crippen LogP) is 0.909. The first kappa shape index (κ1) is 13.8. The van der Waals surface area contributed by atoms with Gasteiger partial charge in [-0.25, -0.2) is 0 Å². The predicted molar refractivity (Wildman–Crippen MR) is 76.4 cm³/mol. The van der Waals surface area contributed by atoms with Crippen molar-refractivity contribution in [3.05, 3.63) is 16.4 Å². The van der Waals surface area contributed by atoms with Gasteiger partial charge in [0.2, 0.25) is 0 Å². The van der Waals surface area contributed by atoms with Gasteiger partial charge in [-0.2, -0.15) is 5.10 Å². The zero-order chi connectivity index (χ0) is 14.1. The molecule has 2 aliphatic rings. The Hall–Kier alpha value is -1.21. The van der Waals surface area contributed by atoms with Gasteiger partial charge in [-0.1, -0.05) is 0 Å². The van der Waals surface area contributed by atoms with Gasteiger partial charge < -0.3 is 4.90 Å². The topological polar surface area (TPSA) is 69.3 Å². The minimum Gasteiger partial charge on any atom is -0.335 e. The highest BCUT2D eigenvalue weighted by atomic mass is 79.9. The number of rotatable bonds is 4. The van der Waals surface area contributed by atoms with Crippen molar-refractivity contribution in [1.29, 1.82) is 0 Å². The molecule has 2 fully saturated rings. The maximum Gasteiger partial charge on any atom is 0.273 e. The average Bonchev–Trinajstić information content (AvgIpc) is 3.21. The van der Waals surface area contributed by atoms with E-state index < -0.39 is 0 Å². The van der Waals surface area contributed by atoms with E-state index in [2.05, 4.69) is 31.0 Å². The summed E-state index contributed by atoms with van der Waals surface area (Å²) in [7, 11) is 0. The third-order valence-electron chi connectivity index (χ3n) is 3.88. The van der Waals surface area contributed by atoms with Crippen molar-refractivity contribution < 1.29 is 9.59 Å². The molecule has 0 aromatic carbocycles. The summed E-state index contributed by atoms with van der Waals surface area (Å²) in [4.78, 5) is 28.0. The number of nitrogens with one attached hydrogen (secondary N) is 1. The molecule has 0 bridgehead atoms. The zero-order valence-corrected chi connectivity index (χ0v) is 12.7. The van der Waals surface area contributed by atoms with Gasteiger partial charge in [0.05, 0.1) is 17.2 Å². The second-order valence-corrected chi connectivity index (χ2v) is 6.26. The average molecular weight is 341 g/mol. The minimum absolute atomic E-state index is 0.0393. The molecule has 1 N–H and O–H groups in total. The molecular formula is C13H17BrN4O2. The lowest BCUT2D eigenvalue weighted by molar-refractivity contribution is -0.121. The van der Waals surface area contributed by atoms with Crippen molar-refractivity contribution in [2.24, 2.45) is 5.92 Å². The van der Waals surface area contributed by atoms with Crippen LogP contribution in [0.5, 0.6) is 0 Å². The third kappa shape index (κ3) is 2.93. The Kier molecular flexibility index (Phi) is 3.89. The number of hydrogen-bond donors (Lipinski definition) is 1. The van der Waals surface area contributed by atoms with Gasteiger partial charge in [-0.15, -0.1) is 0 Å². The lowest BCUT2D eigenvalue weighted by Crippen LogP contribution is -2.50. The van der Waals surface area contributed by atoms with Crippen LogP contribution in [0.1, 0.15) is 23.3 Å². The molecule has 1 saturated carbocycles. The monoisotopic (exact) mass is 340 g/mol. The lowest BCUT2D eigenvalue weighted by Gasteiger charge is -2.34. The number of carbonyl (C=O) groups is 2. The molecule has 3 rings (SSSR count). The summed E-state index contributed by atoms with van der Waals surface area (Å²) in [6, 6.07) is 0. The van der Waals surface area contributed by atoms with Crippen LogP contribution in [-0.4, -0.2) is 64.4 Å². The van der Waals surface area contributed by atoms with Crippen molar-refractivity contribution in [3.63, 3.8) is 0 Å². The Morgan fingerprint density at radius 1 is 1.30 bits per heavy atom. The smallest absolute Gasteiger partial charge is 0.273 e. The van der Waals surface area contributed by atoms with Gasteiger partial charge in [0, 0.05) is 32.1 Å². The number of amides is 1. The van der Waals surface area contributed by atoms with E-state index in [0.29, 0.717) is 41.5 Å². The minimum atomic E-state index is -0.0393. The summed E-state index contributed by atoms with van der Waals surface area (Å²) in [6.45, 7) is 3.37. The second-order valence-electron chi connectivity index (χ2n) is 5.40. The number of piperazine rings is 1. The third-order valence-corrected chi connectivity index (χ3v) is 4.48. The van der Waals surface area contributed by atoms with Crippen LogP contribution in [0.25, 0.3) is 0 Å². The number of carbonyl (C=O) groups excluding carboxylic acids is 2. The van der Waals surface area contributed by atoms with Gasteiger partial charge >= 0.3 is 0 Å². The fourth-order valence-electron chi connectivity index (χ4n) is 2.44. The molecule has 7 heteroatoms. The molecule has 0 spiro atoms. The van der Waals surface area contributed by atoms with E-state index in [0.717, 1.165) is 25.9 Å². The van der Waals surface area contributed by atoms with Crippen LogP contribution < -0.4 is 0 Å². The molecular weight excluding hydrogens is 324 g/mol. The second kappa shape index (κ2) is 5.65. The first-order valence-corrected chi connectivity index (χ1v) is 7.67. The summed E-state index contributed by atoms with van der Waals surface area (Å²) < 4.78 is 0.689. The largest absolute Gasteiger partial charge is 0.335 e. The van der Waals surface area contributed by atoms with E-state index >= 15 is 0 Å². The summed E-state index contributed by atoms with van der Waals surface area (Å²) in [5.74, 6) is 0.638. The summed E-state index contributed by atoms with van der Waals surface area (Å²) in [6.07, 6.45) is 3.70. The number of Topliss-reactive ketones (excluding diaryl/α,β-unsaturated/α-hetero) is 1. The molecule has 0 radical (unpaired) electrons. The highest BCUT2D eigenvalue weighted by molar-refractivity contribution is 9.10. The van der Waals surface area contributed by atoms with E-state index in [-0.39, 0.29) is 5.91 Å². The summed E-state index contributed by atoms with van der Waals surface area (Å²) in [5, 5.41) is 6.56. The Morgan fingerprint density at radius 2 is 2.00 bits per heavy atom. The van der Waals surface area contributed by atoms with E-state index in [4.69, 9.17) is 0 Å². The molecule has 1 aromatic heterocycles. The standard InChI is InChI=1S/C13H17BrN4O2/c14-10-7-15-16-12(10)13(20)18-5-3-17(4-6-18)8-11(19)9-1-2-9/h7,9H,1-6,8H2,(H,15,16). The highest BCUT2D eigenvalue weighted by Gasteiger charge is 2.32. The van der Waals surface area contributed by atoms with Crippen LogP contribution in [0.4, 0.5) is 0 Å². The van der Waals surface area contributed by atoms with Crippen LogP contribution in [0, 0.1) is 5.92 Å². The molecule has 0 atom stereocenters. The molecule has 1 amide bonds. The molecule has 6 nitrogen and oxygen atoms in total. The molecule has 1 aliphatic heterocycles. The van der Waals surface area contributed by atoms with Crippen molar-refractivity contribution >= 4 is 27.6 Å². The van der Waals surface area contributed by atoms with Crippen molar-refractivity contribution in [1.82, 2.24) is 20.0 Å². The van der Waals surface area contributed by atoms with Crippen molar-refractivity contribution in [2.75, 3.05) is 32.7 Å². The lowest BCUT2D eigenvalue weighted by atomic mass is 10.2. The number of aromatic amines is 1. The summed E-state index contributed by atoms with van der Waals surface area (Å²) >= 11 is 3.30. The SMILES string of the molecule is O=C(CN1CCN(C(=O)c2[nH]ncc2Br)CC1)C1CC1. The van der Waals surface area contributed by atoms with Crippen LogP contribution in [-0.2, 0) is 4.79 Å². The number of ketones is 1. The first-order chi connectivity index (χ1) is 9.65. The van der Waals surface area contributed by atoms with E-state index in [1.54, 1.807) is 11.1 Å². The van der Waals surface area contributed by atoms with Crippen LogP contribution in [0.15, 0.2) is 10.7 Å². The van der Waals surface area contributed by atoms with Gasteiger partial charge in [-0.3, -0.25) is 19.6 Å². The van der Waals surface area contributed by atoms with Gasteiger partial charge in [0.1, 0.15) is 11.5 Å². The van der Waals surface area contributed by atoms with E-state index in [1.165, 1.54) is 0 Å². The van der Waals surface area contributed by atoms with Crippen molar-refractivity contribution in [3.8, 4) is 0 Å². The van der Waals surface area contributed by atoms with Crippen LogP contribution in [0.3, 0.4) is 0 Å².